The van der Waals surface area contributed by atoms with Crippen LogP contribution in [-0.4, -0.2) is 193 Å². The van der Waals surface area contributed by atoms with Crippen LogP contribution in [0.15, 0.2) is 72.9 Å². The van der Waals surface area contributed by atoms with Gasteiger partial charge in [-0.05, 0) is 83.5 Å². The molecule has 0 aliphatic carbocycles. The Morgan fingerprint density at radius 3 is 0.973 bits per heavy atom. The maximum atomic E-state index is 13.5. The zero-order valence-electron chi connectivity index (χ0n) is 69.2. The fourth-order valence-corrected chi connectivity index (χ4v) is 15.0. The van der Waals surface area contributed by atoms with E-state index >= 15 is 0 Å². The molecule has 12 N–H and O–H groups in total. The normalized spacial score (nSPS) is 25.5. The molecule has 17 atom stereocenters. The molecule has 110 heavy (non-hydrogen) atoms. The molecule has 0 saturated carbocycles. The van der Waals surface area contributed by atoms with Crippen molar-refractivity contribution in [3.8, 4) is 0 Å². The van der Waals surface area contributed by atoms with Crippen LogP contribution < -0.4 is 5.32 Å². The fraction of sp³-hybridized carbons (Fsp3) is 0.857. The smallest absolute Gasteiger partial charge is 0.220 e. The Morgan fingerprint density at radius 2 is 0.609 bits per heavy atom. The predicted octanol–water partition coefficient (Wildman–Crippen LogP) is 17.1. The first-order chi connectivity index (χ1) is 53.8. The standard InChI is InChI=1S/C91H165NO18/c1-3-5-7-9-11-13-15-17-19-21-23-25-27-29-31-33-35-37-39-41-43-45-47-49-51-53-55-57-59-61-63-65-67-69-79(97)92-74(75(96)68-66-64-62-60-58-56-54-52-50-48-46-44-42-40-38-36-34-32-30-28-26-24-22-20-18-16-14-12-10-8-6-4-2)73-105-89-85(103)82(100)87(77(71-94)107-89)110-91-86(104)83(101)88(78(72-95)108-91)109-90-84(102)81(99)80(98)76(70-93)106-90/h15,17,21,23,27,29,50,52,58,60,66,68,74-78,80-91,93-96,98-104H,3-14,16,18-20,22,24-26,28,30-49,51,53-57,59,61-65,67,69-73H2,1-2H3,(H,92,97)/b17-15-,23-21-,29-27-,52-50+,60-58+,68-66+. The van der Waals surface area contributed by atoms with E-state index in [1.54, 1.807) is 6.08 Å². The van der Waals surface area contributed by atoms with E-state index < -0.39 is 124 Å². The topological polar surface area (TPSA) is 307 Å². The second-order valence-electron chi connectivity index (χ2n) is 32.0. The van der Waals surface area contributed by atoms with Crippen LogP contribution in [0.5, 0.6) is 0 Å². The number of carbonyl (C=O) groups excluding carboxylic acids is 1. The molecule has 3 saturated heterocycles. The van der Waals surface area contributed by atoms with Crippen LogP contribution in [0.4, 0.5) is 0 Å². The molecule has 3 fully saturated rings. The van der Waals surface area contributed by atoms with E-state index in [1.807, 2.05) is 6.08 Å². The summed E-state index contributed by atoms with van der Waals surface area (Å²) in [7, 11) is 0. The second kappa shape index (κ2) is 70.4. The number of hydrogen-bond donors (Lipinski definition) is 12. The molecule has 1 amide bonds. The first-order valence-electron chi connectivity index (χ1n) is 45.2. The van der Waals surface area contributed by atoms with Gasteiger partial charge in [0, 0.05) is 6.42 Å². The number of carbonyl (C=O) groups is 1. The van der Waals surface area contributed by atoms with Gasteiger partial charge < -0.3 is 89.9 Å². The lowest BCUT2D eigenvalue weighted by Crippen LogP contribution is -2.66. The highest BCUT2D eigenvalue weighted by Gasteiger charge is 2.54. The number of unbranched alkanes of at least 4 members (excludes halogenated alkanes) is 47. The number of aliphatic hydroxyl groups excluding tert-OH is 11. The molecule has 19 nitrogen and oxygen atoms in total. The third kappa shape index (κ3) is 48.7. The highest BCUT2D eigenvalue weighted by molar-refractivity contribution is 5.76. The van der Waals surface area contributed by atoms with Gasteiger partial charge in [0.05, 0.1) is 38.6 Å². The van der Waals surface area contributed by atoms with Gasteiger partial charge in [0.1, 0.15) is 73.2 Å². The van der Waals surface area contributed by atoms with Gasteiger partial charge in [-0.3, -0.25) is 4.79 Å². The number of ether oxygens (including phenoxy) is 6. The number of rotatable bonds is 73. The molecular weight excluding hydrogens is 1390 g/mol. The van der Waals surface area contributed by atoms with E-state index in [0.717, 1.165) is 57.8 Å². The van der Waals surface area contributed by atoms with Gasteiger partial charge in [-0.25, -0.2) is 0 Å². The van der Waals surface area contributed by atoms with Gasteiger partial charge in [-0.2, -0.15) is 0 Å². The van der Waals surface area contributed by atoms with E-state index in [4.69, 9.17) is 28.4 Å². The number of aliphatic hydroxyl groups is 11. The quantitative estimate of drug-likeness (QED) is 0.0199. The molecule has 19 heteroatoms. The average molecular weight is 1560 g/mol. The van der Waals surface area contributed by atoms with E-state index in [9.17, 15) is 61.0 Å². The molecule has 17 unspecified atom stereocenters. The number of amides is 1. The monoisotopic (exact) mass is 1560 g/mol. The highest BCUT2D eigenvalue weighted by Crippen LogP contribution is 2.34. The zero-order valence-corrected chi connectivity index (χ0v) is 69.2. The third-order valence-corrected chi connectivity index (χ3v) is 22.2. The minimum absolute atomic E-state index is 0.232. The Hall–Kier alpha value is -2.77. The van der Waals surface area contributed by atoms with Gasteiger partial charge in [-0.1, -0.05) is 350 Å². The predicted molar refractivity (Wildman–Crippen MR) is 443 cm³/mol. The van der Waals surface area contributed by atoms with Crippen molar-refractivity contribution < 1.29 is 89.4 Å². The zero-order chi connectivity index (χ0) is 79.5. The lowest BCUT2D eigenvalue weighted by Gasteiger charge is -2.48. The molecule has 3 rings (SSSR count). The fourth-order valence-electron chi connectivity index (χ4n) is 15.0. The lowest BCUT2D eigenvalue weighted by molar-refractivity contribution is -0.379. The van der Waals surface area contributed by atoms with Gasteiger partial charge >= 0.3 is 0 Å². The highest BCUT2D eigenvalue weighted by atomic mass is 16.8. The van der Waals surface area contributed by atoms with Gasteiger partial charge in [-0.15, -0.1) is 0 Å². The minimum Gasteiger partial charge on any atom is -0.394 e. The molecule has 3 heterocycles. The number of allylic oxidation sites excluding steroid dienone is 11. The van der Waals surface area contributed by atoms with Crippen LogP contribution in [0, 0.1) is 0 Å². The molecule has 3 aliphatic heterocycles. The Labute approximate surface area is 668 Å². The van der Waals surface area contributed by atoms with Crippen LogP contribution in [0.3, 0.4) is 0 Å². The van der Waals surface area contributed by atoms with Crippen molar-refractivity contribution in [3.05, 3.63) is 72.9 Å². The van der Waals surface area contributed by atoms with Gasteiger partial charge in [0.2, 0.25) is 5.91 Å². The van der Waals surface area contributed by atoms with Crippen LogP contribution in [0.1, 0.15) is 367 Å². The summed E-state index contributed by atoms with van der Waals surface area (Å²) in [5.41, 5.74) is 0. The van der Waals surface area contributed by atoms with Gasteiger partial charge in [0.15, 0.2) is 18.9 Å². The molecule has 0 aromatic carbocycles. The third-order valence-electron chi connectivity index (χ3n) is 22.2. The summed E-state index contributed by atoms with van der Waals surface area (Å²) in [6.07, 6.45) is 67.7. The molecular formula is C91H165NO18. The first kappa shape index (κ1) is 101. The number of hydrogen-bond acceptors (Lipinski definition) is 18. The maximum absolute atomic E-state index is 13.5. The average Bonchev–Trinajstić information content (AvgIpc) is 0.780. The maximum Gasteiger partial charge on any atom is 0.220 e. The summed E-state index contributed by atoms with van der Waals surface area (Å²) >= 11 is 0. The molecule has 0 aromatic rings. The van der Waals surface area contributed by atoms with Crippen molar-refractivity contribution in [2.75, 3.05) is 26.4 Å². The second-order valence-corrected chi connectivity index (χ2v) is 32.0. The van der Waals surface area contributed by atoms with Crippen molar-refractivity contribution in [1.29, 1.82) is 0 Å². The lowest BCUT2D eigenvalue weighted by atomic mass is 9.96. The molecule has 3 aliphatic rings. The molecule has 642 valence electrons. The van der Waals surface area contributed by atoms with E-state index in [0.29, 0.717) is 12.8 Å². The van der Waals surface area contributed by atoms with Crippen molar-refractivity contribution in [3.63, 3.8) is 0 Å². The van der Waals surface area contributed by atoms with Crippen molar-refractivity contribution in [1.82, 2.24) is 5.32 Å². The van der Waals surface area contributed by atoms with Crippen molar-refractivity contribution >= 4 is 5.91 Å². The summed E-state index contributed by atoms with van der Waals surface area (Å²) in [5, 5.41) is 121. The number of nitrogens with one attached hydrogen (secondary N) is 1. The van der Waals surface area contributed by atoms with Crippen LogP contribution >= 0.6 is 0 Å². The summed E-state index contributed by atoms with van der Waals surface area (Å²) in [6.45, 7) is 1.75. The first-order valence-corrected chi connectivity index (χ1v) is 45.2. The van der Waals surface area contributed by atoms with E-state index in [2.05, 4.69) is 79.9 Å². The van der Waals surface area contributed by atoms with Crippen LogP contribution in [0.25, 0.3) is 0 Å². The minimum atomic E-state index is -1.99. The largest absolute Gasteiger partial charge is 0.394 e. The van der Waals surface area contributed by atoms with Crippen LogP contribution in [-0.2, 0) is 33.2 Å². The molecule has 0 radical (unpaired) electrons. The molecule has 0 aromatic heterocycles. The Bertz CT molecular complexity index is 2270. The van der Waals surface area contributed by atoms with E-state index in [-0.39, 0.29) is 18.9 Å². The molecule has 0 spiro atoms. The molecule has 0 bridgehead atoms. The Balaban J connectivity index is 1.35. The van der Waals surface area contributed by atoms with Crippen molar-refractivity contribution in [2.24, 2.45) is 0 Å². The summed E-state index contributed by atoms with van der Waals surface area (Å²) in [6, 6.07) is -1.00. The van der Waals surface area contributed by atoms with Gasteiger partial charge in [0.25, 0.3) is 0 Å². The van der Waals surface area contributed by atoms with Crippen LogP contribution in [0.2, 0.25) is 0 Å². The SMILES string of the molecule is CCCCCCC/C=C\C/C=C\C/C=C\CCCCCCCCCCCCCCCCCCCCC(=O)NC(COC1OC(CO)C(OC2OC(CO)C(OC3OC(CO)C(O)C(O)C3O)C(O)C2O)C(O)C1O)C(O)/C=C/CC/C=C/CC/C=C/CCCCCCCCCCCCCCCCCCCCCCCC. The van der Waals surface area contributed by atoms with Crippen molar-refractivity contribution in [2.45, 2.75) is 471 Å². The summed E-state index contributed by atoms with van der Waals surface area (Å²) < 4.78 is 34.5. The Morgan fingerprint density at radius 1 is 0.327 bits per heavy atom. The Kier molecular flexibility index (Phi) is 64.9. The summed E-state index contributed by atoms with van der Waals surface area (Å²) in [4.78, 5) is 13.5. The van der Waals surface area contributed by atoms with E-state index in [1.165, 1.54) is 276 Å². The summed E-state index contributed by atoms with van der Waals surface area (Å²) in [5.74, 6) is -0.285.